The van der Waals surface area contributed by atoms with Crippen LogP contribution in [0.3, 0.4) is 0 Å². The molecule has 0 heterocycles. The zero-order valence-electron chi connectivity index (χ0n) is 12.8. The Hall–Kier alpha value is -1.10. The zero-order chi connectivity index (χ0) is 15.1. The predicted octanol–water partition coefficient (Wildman–Crippen LogP) is 1.06. The van der Waals surface area contributed by atoms with Gasteiger partial charge in [-0.15, -0.1) is 0 Å². The average Bonchev–Trinajstić information content (AvgIpc) is 2.30. The molecule has 0 fully saturated rings. The van der Waals surface area contributed by atoms with Gasteiger partial charge < -0.3 is 15.7 Å². The van der Waals surface area contributed by atoms with E-state index in [9.17, 15) is 9.59 Å². The van der Waals surface area contributed by atoms with E-state index in [4.69, 9.17) is 5.11 Å². The number of aliphatic hydroxyl groups is 1. The number of nitrogens with one attached hydrogen (secondary N) is 2. The second-order valence-corrected chi connectivity index (χ2v) is 6.71. The van der Waals surface area contributed by atoms with Crippen molar-refractivity contribution in [3.05, 3.63) is 0 Å². The van der Waals surface area contributed by atoms with Gasteiger partial charge in [0.2, 0.25) is 11.8 Å². The number of hydrogen-bond donors (Lipinski definition) is 3. The normalized spacial score (nSPS) is 12.1. The van der Waals surface area contributed by atoms with Gasteiger partial charge >= 0.3 is 0 Å². The van der Waals surface area contributed by atoms with Crippen LogP contribution in [0.15, 0.2) is 0 Å². The van der Waals surface area contributed by atoms with E-state index < -0.39 is 5.41 Å². The lowest BCUT2D eigenvalue weighted by Crippen LogP contribution is -2.37. The maximum atomic E-state index is 11.6. The molecule has 0 radical (unpaired) electrons. The molecule has 5 heteroatoms. The summed E-state index contributed by atoms with van der Waals surface area (Å²) in [6.07, 6.45) is 0.999. The Labute approximate surface area is 116 Å². The maximum Gasteiger partial charge on any atom is 0.225 e. The molecule has 0 atom stereocenters. The SMILES string of the molecule is CC(C)(CO)CNC(=O)CCCNC(=O)C(C)(C)C. The molecule has 5 nitrogen and oxygen atoms in total. The van der Waals surface area contributed by atoms with Crippen molar-refractivity contribution in [2.45, 2.75) is 47.5 Å². The molecule has 0 saturated carbocycles. The first-order chi connectivity index (χ1) is 8.58. The first-order valence-electron chi connectivity index (χ1n) is 6.74. The van der Waals surface area contributed by atoms with Crippen LogP contribution in [0.5, 0.6) is 0 Å². The summed E-state index contributed by atoms with van der Waals surface area (Å²) in [6.45, 7) is 10.3. The highest BCUT2D eigenvalue weighted by Gasteiger charge is 2.20. The quantitative estimate of drug-likeness (QED) is 0.606. The highest BCUT2D eigenvalue weighted by atomic mass is 16.3. The van der Waals surface area contributed by atoms with Crippen molar-refractivity contribution >= 4 is 11.8 Å². The van der Waals surface area contributed by atoms with Crippen LogP contribution >= 0.6 is 0 Å². The van der Waals surface area contributed by atoms with Gasteiger partial charge in [-0.2, -0.15) is 0 Å². The van der Waals surface area contributed by atoms with E-state index in [1.54, 1.807) is 0 Å². The minimum absolute atomic E-state index is 0.00526. The number of rotatable bonds is 7. The molecule has 0 aliphatic carbocycles. The Bertz CT molecular complexity index is 306. The van der Waals surface area contributed by atoms with Gasteiger partial charge in [0.25, 0.3) is 0 Å². The van der Waals surface area contributed by atoms with Gasteiger partial charge in [-0.05, 0) is 6.42 Å². The molecular formula is C14H28N2O3. The van der Waals surface area contributed by atoms with Gasteiger partial charge in [0, 0.05) is 36.9 Å². The molecule has 19 heavy (non-hydrogen) atoms. The zero-order valence-corrected chi connectivity index (χ0v) is 12.8. The fourth-order valence-electron chi connectivity index (χ4n) is 1.20. The van der Waals surface area contributed by atoms with Crippen molar-refractivity contribution in [3.8, 4) is 0 Å². The van der Waals surface area contributed by atoms with Crippen molar-refractivity contribution < 1.29 is 14.7 Å². The lowest BCUT2D eigenvalue weighted by Gasteiger charge is -2.21. The number of hydrogen-bond acceptors (Lipinski definition) is 3. The van der Waals surface area contributed by atoms with Gasteiger partial charge in [0.15, 0.2) is 0 Å². The third kappa shape index (κ3) is 8.59. The fraction of sp³-hybridized carbons (Fsp3) is 0.857. The summed E-state index contributed by atoms with van der Waals surface area (Å²) in [5, 5.41) is 14.6. The first kappa shape index (κ1) is 17.9. The summed E-state index contributed by atoms with van der Waals surface area (Å²) in [5.41, 5.74) is -0.691. The van der Waals surface area contributed by atoms with Gasteiger partial charge in [0.1, 0.15) is 0 Å². The summed E-state index contributed by atoms with van der Waals surface area (Å²) in [6, 6.07) is 0. The Morgan fingerprint density at radius 3 is 2.11 bits per heavy atom. The number of aliphatic hydroxyl groups excluding tert-OH is 1. The van der Waals surface area contributed by atoms with E-state index in [2.05, 4.69) is 10.6 Å². The number of carbonyl (C=O) groups is 2. The molecule has 2 amide bonds. The Balaban J connectivity index is 3.74. The topological polar surface area (TPSA) is 78.4 Å². The predicted molar refractivity (Wildman–Crippen MR) is 75.6 cm³/mol. The molecule has 0 rings (SSSR count). The molecule has 0 aliphatic heterocycles. The van der Waals surface area contributed by atoms with E-state index in [1.807, 2.05) is 34.6 Å². The van der Waals surface area contributed by atoms with Crippen LogP contribution in [0.4, 0.5) is 0 Å². The molecule has 0 spiro atoms. The summed E-state index contributed by atoms with van der Waals surface area (Å²) in [4.78, 5) is 23.1. The third-order valence-corrected chi connectivity index (χ3v) is 2.74. The minimum atomic E-state index is -0.395. The van der Waals surface area contributed by atoms with Gasteiger partial charge in [-0.3, -0.25) is 9.59 Å². The second-order valence-electron chi connectivity index (χ2n) is 6.71. The Morgan fingerprint density at radius 1 is 1.05 bits per heavy atom. The lowest BCUT2D eigenvalue weighted by molar-refractivity contribution is -0.128. The van der Waals surface area contributed by atoms with Crippen LogP contribution < -0.4 is 10.6 Å². The smallest absolute Gasteiger partial charge is 0.225 e. The van der Waals surface area contributed by atoms with Crippen molar-refractivity contribution in [1.29, 1.82) is 0 Å². The summed E-state index contributed by atoms with van der Waals surface area (Å²) < 4.78 is 0. The van der Waals surface area contributed by atoms with Crippen LogP contribution in [-0.2, 0) is 9.59 Å². The lowest BCUT2D eigenvalue weighted by atomic mass is 9.95. The molecule has 0 aromatic carbocycles. The monoisotopic (exact) mass is 272 g/mol. The summed E-state index contributed by atoms with van der Waals surface area (Å²) in [5.74, 6) is -0.0548. The van der Waals surface area contributed by atoms with Crippen molar-refractivity contribution in [1.82, 2.24) is 10.6 Å². The molecule has 112 valence electrons. The van der Waals surface area contributed by atoms with E-state index in [0.717, 1.165) is 0 Å². The molecule has 0 aromatic rings. The van der Waals surface area contributed by atoms with E-state index in [-0.39, 0.29) is 23.8 Å². The summed E-state index contributed by atoms with van der Waals surface area (Å²) in [7, 11) is 0. The van der Waals surface area contributed by atoms with Gasteiger partial charge in [-0.1, -0.05) is 34.6 Å². The highest BCUT2D eigenvalue weighted by Crippen LogP contribution is 2.12. The van der Waals surface area contributed by atoms with E-state index in [1.165, 1.54) is 0 Å². The standard InChI is InChI=1S/C14H28N2O3/c1-13(2,3)12(19)15-8-6-7-11(18)16-9-14(4,5)10-17/h17H,6-10H2,1-5H3,(H,15,19)(H,16,18). The largest absolute Gasteiger partial charge is 0.396 e. The second kappa shape index (κ2) is 7.48. The maximum absolute atomic E-state index is 11.6. The van der Waals surface area contributed by atoms with Gasteiger partial charge in [-0.25, -0.2) is 0 Å². The van der Waals surface area contributed by atoms with Crippen molar-refractivity contribution in [2.75, 3.05) is 19.7 Å². The van der Waals surface area contributed by atoms with Gasteiger partial charge in [0.05, 0.1) is 0 Å². The van der Waals surface area contributed by atoms with Crippen molar-refractivity contribution in [2.24, 2.45) is 10.8 Å². The van der Waals surface area contributed by atoms with E-state index in [0.29, 0.717) is 25.9 Å². The number of carbonyl (C=O) groups excluding carboxylic acids is 2. The molecule has 0 aromatic heterocycles. The number of amides is 2. The molecule has 0 unspecified atom stereocenters. The Kier molecular flexibility index (Phi) is 7.05. The molecule has 3 N–H and O–H groups in total. The minimum Gasteiger partial charge on any atom is -0.396 e. The molecule has 0 bridgehead atoms. The summed E-state index contributed by atoms with van der Waals surface area (Å²) >= 11 is 0. The van der Waals surface area contributed by atoms with Crippen LogP contribution in [0.25, 0.3) is 0 Å². The third-order valence-electron chi connectivity index (χ3n) is 2.74. The first-order valence-corrected chi connectivity index (χ1v) is 6.74. The molecular weight excluding hydrogens is 244 g/mol. The van der Waals surface area contributed by atoms with Crippen LogP contribution in [0, 0.1) is 10.8 Å². The average molecular weight is 272 g/mol. The molecule has 0 aliphatic rings. The van der Waals surface area contributed by atoms with Crippen LogP contribution in [0.1, 0.15) is 47.5 Å². The van der Waals surface area contributed by atoms with E-state index >= 15 is 0 Å². The molecule has 0 saturated heterocycles. The van der Waals surface area contributed by atoms with Crippen LogP contribution in [-0.4, -0.2) is 36.6 Å². The van der Waals surface area contributed by atoms with Crippen LogP contribution in [0.2, 0.25) is 0 Å². The fourth-order valence-corrected chi connectivity index (χ4v) is 1.20. The Morgan fingerprint density at radius 2 is 1.63 bits per heavy atom. The van der Waals surface area contributed by atoms with Crippen molar-refractivity contribution in [3.63, 3.8) is 0 Å². The highest BCUT2D eigenvalue weighted by molar-refractivity contribution is 5.81.